The lowest BCUT2D eigenvalue weighted by Gasteiger charge is -2.14. The molecule has 0 aliphatic heterocycles. The number of halogens is 1. The Morgan fingerprint density at radius 1 is 1.24 bits per heavy atom. The highest BCUT2D eigenvalue weighted by Gasteiger charge is 2.17. The Bertz CT molecular complexity index is 616. The minimum Gasteiger partial charge on any atom is -0.494 e. The summed E-state index contributed by atoms with van der Waals surface area (Å²) < 4.78 is 19.5. The Balaban J connectivity index is 2.60. The third kappa shape index (κ3) is 3.12. The van der Waals surface area contributed by atoms with Gasteiger partial charge in [-0.15, -0.1) is 0 Å². The number of hydrogen-bond donors (Lipinski definition) is 1. The smallest absolute Gasteiger partial charge is 0.174 e. The fraction of sp³-hybridized carbons (Fsp3) is 0.375. The van der Waals surface area contributed by atoms with Crippen molar-refractivity contribution < 1.29 is 9.13 Å². The van der Waals surface area contributed by atoms with Crippen LogP contribution >= 0.6 is 0 Å². The van der Waals surface area contributed by atoms with Crippen molar-refractivity contribution in [3.05, 3.63) is 35.9 Å². The van der Waals surface area contributed by atoms with Gasteiger partial charge in [0.25, 0.3) is 0 Å². The third-order valence-electron chi connectivity index (χ3n) is 3.23. The van der Waals surface area contributed by atoms with E-state index in [4.69, 9.17) is 4.74 Å². The van der Waals surface area contributed by atoms with Gasteiger partial charge in [0.2, 0.25) is 0 Å². The molecule has 1 N–H and O–H groups in total. The summed E-state index contributed by atoms with van der Waals surface area (Å²) in [5.74, 6) is 0.601. The topological polar surface area (TPSA) is 47.0 Å². The quantitative estimate of drug-likeness (QED) is 0.881. The van der Waals surface area contributed by atoms with Crippen LogP contribution in [-0.2, 0) is 6.42 Å². The van der Waals surface area contributed by atoms with E-state index in [9.17, 15) is 4.39 Å². The zero-order chi connectivity index (χ0) is 15.2. The van der Waals surface area contributed by atoms with Gasteiger partial charge in [0, 0.05) is 17.7 Å². The van der Waals surface area contributed by atoms with Crippen LogP contribution in [-0.4, -0.2) is 23.6 Å². The Morgan fingerprint density at radius 3 is 2.71 bits per heavy atom. The maximum absolute atomic E-state index is 14.5. The van der Waals surface area contributed by atoms with Gasteiger partial charge in [0.15, 0.2) is 11.6 Å². The van der Waals surface area contributed by atoms with Crippen molar-refractivity contribution in [2.24, 2.45) is 0 Å². The molecular formula is C16H20FN3O. The van der Waals surface area contributed by atoms with E-state index in [1.807, 2.05) is 6.92 Å². The van der Waals surface area contributed by atoms with Gasteiger partial charge in [-0.1, -0.05) is 19.4 Å². The first-order chi connectivity index (χ1) is 10.2. The lowest BCUT2D eigenvalue weighted by Crippen LogP contribution is -2.07. The van der Waals surface area contributed by atoms with E-state index in [0.717, 1.165) is 30.8 Å². The second kappa shape index (κ2) is 7.02. The molecule has 0 radical (unpaired) electrons. The number of nitrogens with one attached hydrogen (secondary N) is 1. The zero-order valence-corrected chi connectivity index (χ0v) is 12.6. The van der Waals surface area contributed by atoms with Crippen molar-refractivity contribution in [2.75, 3.05) is 19.0 Å². The van der Waals surface area contributed by atoms with E-state index in [1.165, 1.54) is 13.4 Å². The van der Waals surface area contributed by atoms with E-state index in [0.29, 0.717) is 11.3 Å². The number of anilines is 1. The standard InChI is InChI=1S/C16H20FN3O/c1-4-7-12-15(19-10-20-16(12)18-5-2)11-8-6-9-13(21-3)14(11)17/h6,8-10H,4-5,7H2,1-3H3,(H,18,19,20). The van der Waals surface area contributed by atoms with Gasteiger partial charge in [-0.25, -0.2) is 14.4 Å². The normalized spacial score (nSPS) is 10.5. The largest absolute Gasteiger partial charge is 0.494 e. The molecule has 4 nitrogen and oxygen atoms in total. The first-order valence-corrected chi connectivity index (χ1v) is 7.13. The SMILES string of the molecule is CCCc1c(NCC)ncnc1-c1cccc(OC)c1F. The van der Waals surface area contributed by atoms with E-state index < -0.39 is 5.82 Å². The molecule has 1 heterocycles. The fourth-order valence-electron chi connectivity index (χ4n) is 2.30. The first-order valence-electron chi connectivity index (χ1n) is 7.13. The molecule has 0 unspecified atom stereocenters. The van der Waals surface area contributed by atoms with Gasteiger partial charge in [-0.3, -0.25) is 0 Å². The molecular weight excluding hydrogens is 269 g/mol. The zero-order valence-electron chi connectivity index (χ0n) is 12.6. The van der Waals surface area contributed by atoms with E-state index >= 15 is 0 Å². The summed E-state index contributed by atoms with van der Waals surface area (Å²) in [7, 11) is 1.46. The molecule has 0 spiro atoms. The number of rotatable bonds is 6. The number of ether oxygens (including phenoxy) is 1. The molecule has 0 saturated heterocycles. The van der Waals surface area contributed by atoms with Crippen molar-refractivity contribution in [2.45, 2.75) is 26.7 Å². The molecule has 21 heavy (non-hydrogen) atoms. The molecule has 0 saturated carbocycles. The van der Waals surface area contributed by atoms with Gasteiger partial charge in [0.05, 0.1) is 12.8 Å². The highest BCUT2D eigenvalue weighted by atomic mass is 19.1. The summed E-state index contributed by atoms with van der Waals surface area (Å²) in [6, 6.07) is 5.09. The predicted octanol–water partition coefficient (Wildman–Crippen LogP) is 3.68. The number of benzene rings is 1. The number of methoxy groups -OCH3 is 1. The summed E-state index contributed by atoms with van der Waals surface area (Å²) in [6.45, 7) is 4.84. The van der Waals surface area contributed by atoms with Crippen LogP contribution in [0, 0.1) is 5.82 Å². The van der Waals surface area contributed by atoms with Crippen LogP contribution in [0.5, 0.6) is 5.75 Å². The highest BCUT2D eigenvalue weighted by Crippen LogP contribution is 2.32. The van der Waals surface area contributed by atoms with E-state index in [-0.39, 0.29) is 5.75 Å². The lowest BCUT2D eigenvalue weighted by atomic mass is 10.0. The van der Waals surface area contributed by atoms with Crippen LogP contribution in [0.3, 0.4) is 0 Å². The van der Waals surface area contributed by atoms with Crippen molar-refractivity contribution >= 4 is 5.82 Å². The molecule has 1 aromatic heterocycles. The maximum atomic E-state index is 14.5. The minimum atomic E-state index is -0.390. The van der Waals surface area contributed by atoms with Crippen LogP contribution in [0.15, 0.2) is 24.5 Å². The molecule has 5 heteroatoms. The Kier molecular flexibility index (Phi) is 5.09. The summed E-state index contributed by atoms with van der Waals surface area (Å²) >= 11 is 0. The molecule has 0 aliphatic carbocycles. The van der Waals surface area contributed by atoms with Crippen molar-refractivity contribution in [3.63, 3.8) is 0 Å². The summed E-state index contributed by atoms with van der Waals surface area (Å²) in [4.78, 5) is 8.57. The average molecular weight is 289 g/mol. The maximum Gasteiger partial charge on any atom is 0.174 e. The summed E-state index contributed by atoms with van der Waals surface area (Å²) in [6.07, 6.45) is 3.19. The van der Waals surface area contributed by atoms with Crippen LogP contribution in [0.1, 0.15) is 25.8 Å². The summed E-state index contributed by atoms with van der Waals surface area (Å²) in [5, 5.41) is 3.21. The first kappa shape index (κ1) is 15.2. The van der Waals surface area contributed by atoms with E-state index in [2.05, 4.69) is 22.2 Å². The molecule has 0 fully saturated rings. The fourth-order valence-corrected chi connectivity index (χ4v) is 2.30. The number of aromatic nitrogens is 2. The van der Waals surface area contributed by atoms with Gasteiger partial charge in [0.1, 0.15) is 12.1 Å². The second-order valence-electron chi connectivity index (χ2n) is 4.65. The minimum absolute atomic E-state index is 0.221. The molecule has 0 aliphatic rings. The highest BCUT2D eigenvalue weighted by molar-refractivity contribution is 5.70. The Hall–Kier alpha value is -2.17. The van der Waals surface area contributed by atoms with Gasteiger partial charge >= 0.3 is 0 Å². The molecule has 0 bridgehead atoms. The van der Waals surface area contributed by atoms with Crippen LogP contribution < -0.4 is 10.1 Å². The number of hydrogen-bond acceptors (Lipinski definition) is 4. The Morgan fingerprint density at radius 2 is 2.05 bits per heavy atom. The van der Waals surface area contributed by atoms with Gasteiger partial charge < -0.3 is 10.1 Å². The lowest BCUT2D eigenvalue weighted by molar-refractivity contribution is 0.387. The molecule has 0 atom stereocenters. The number of nitrogens with zero attached hydrogens (tertiary/aromatic N) is 2. The van der Waals surface area contributed by atoms with Gasteiger partial charge in [-0.2, -0.15) is 0 Å². The van der Waals surface area contributed by atoms with E-state index in [1.54, 1.807) is 18.2 Å². The monoisotopic (exact) mass is 289 g/mol. The molecule has 2 aromatic rings. The second-order valence-corrected chi connectivity index (χ2v) is 4.65. The Labute approximate surface area is 124 Å². The molecule has 0 amide bonds. The average Bonchev–Trinajstić information content (AvgIpc) is 2.50. The molecule has 112 valence electrons. The molecule has 1 aromatic carbocycles. The third-order valence-corrected chi connectivity index (χ3v) is 3.23. The summed E-state index contributed by atoms with van der Waals surface area (Å²) in [5.41, 5.74) is 2.01. The van der Waals surface area contributed by atoms with Gasteiger partial charge in [-0.05, 0) is 25.5 Å². The predicted molar refractivity (Wildman–Crippen MR) is 82.1 cm³/mol. The van der Waals surface area contributed by atoms with Crippen molar-refractivity contribution in [1.82, 2.24) is 9.97 Å². The molecule has 2 rings (SSSR count). The van der Waals surface area contributed by atoms with Crippen LogP contribution in [0.25, 0.3) is 11.3 Å². The van der Waals surface area contributed by atoms with Crippen molar-refractivity contribution in [3.8, 4) is 17.0 Å². The van der Waals surface area contributed by atoms with Crippen LogP contribution in [0.4, 0.5) is 10.2 Å². The van der Waals surface area contributed by atoms with Crippen molar-refractivity contribution in [1.29, 1.82) is 0 Å². The van der Waals surface area contributed by atoms with Crippen LogP contribution in [0.2, 0.25) is 0 Å².